The van der Waals surface area contributed by atoms with Gasteiger partial charge in [-0.05, 0) is 38.8 Å². The predicted molar refractivity (Wildman–Crippen MR) is 70.7 cm³/mol. The summed E-state index contributed by atoms with van der Waals surface area (Å²) in [7, 11) is 0. The van der Waals surface area contributed by atoms with Crippen LogP contribution in [-0.2, 0) is 0 Å². The molecule has 0 radical (unpaired) electrons. The van der Waals surface area contributed by atoms with Crippen molar-refractivity contribution in [3.05, 3.63) is 0 Å². The number of guanidine groups is 1. The zero-order valence-corrected chi connectivity index (χ0v) is 10.6. The number of aliphatic imine (C=N–C) groups is 1. The van der Waals surface area contributed by atoms with Crippen LogP contribution >= 0.6 is 0 Å². The van der Waals surface area contributed by atoms with Crippen LogP contribution in [0.5, 0.6) is 0 Å². The van der Waals surface area contributed by atoms with Crippen molar-refractivity contribution in [3.8, 4) is 0 Å². The molecule has 0 bridgehead atoms. The molecule has 5 nitrogen and oxygen atoms in total. The van der Waals surface area contributed by atoms with Crippen LogP contribution in [0.3, 0.4) is 0 Å². The second-order valence-corrected chi connectivity index (χ2v) is 5.05. The molecule has 0 spiro atoms. The molecule has 1 saturated carbocycles. The Morgan fingerprint density at radius 3 is 2.53 bits per heavy atom. The minimum atomic E-state index is 0.566. The van der Waals surface area contributed by atoms with E-state index in [1.165, 1.54) is 51.6 Å². The molecule has 4 N–H and O–H groups in total. The SMILES string of the molecule is NNC(=NCCN1CCCC1)NC1CCCC1. The molecule has 2 rings (SSSR count). The van der Waals surface area contributed by atoms with Crippen LogP contribution in [0, 0.1) is 0 Å². The van der Waals surface area contributed by atoms with Gasteiger partial charge >= 0.3 is 0 Å². The van der Waals surface area contributed by atoms with E-state index in [0.29, 0.717) is 6.04 Å². The summed E-state index contributed by atoms with van der Waals surface area (Å²) in [6.07, 6.45) is 7.81. The van der Waals surface area contributed by atoms with Gasteiger partial charge in [-0.2, -0.15) is 0 Å². The lowest BCUT2D eigenvalue weighted by molar-refractivity contribution is 0.349. The maximum Gasteiger partial charge on any atom is 0.205 e. The number of nitrogens with one attached hydrogen (secondary N) is 2. The average Bonchev–Trinajstić information content (AvgIpc) is 3.00. The molecule has 0 aromatic rings. The van der Waals surface area contributed by atoms with Crippen LogP contribution in [0.2, 0.25) is 0 Å². The van der Waals surface area contributed by atoms with Crippen molar-refractivity contribution in [2.24, 2.45) is 10.8 Å². The second-order valence-electron chi connectivity index (χ2n) is 5.05. The predicted octanol–water partition coefficient (Wildman–Crippen LogP) is 0.434. The van der Waals surface area contributed by atoms with Gasteiger partial charge in [-0.15, -0.1) is 0 Å². The molecule has 0 aromatic carbocycles. The summed E-state index contributed by atoms with van der Waals surface area (Å²) in [6.45, 7) is 4.35. The minimum Gasteiger partial charge on any atom is -0.353 e. The smallest absolute Gasteiger partial charge is 0.205 e. The molecule has 17 heavy (non-hydrogen) atoms. The lowest BCUT2D eigenvalue weighted by Gasteiger charge is -2.16. The van der Waals surface area contributed by atoms with Gasteiger partial charge in [-0.1, -0.05) is 12.8 Å². The lowest BCUT2D eigenvalue weighted by atomic mass is 10.2. The first-order valence-corrected chi connectivity index (χ1v) is 6.88. The van der Waals surface area contributed by atoms with Gasteiger partial charge in [0.15, 0.2) is 0 Å². The summed E-state index contributed by atoms with van der Waals surface area (Å²) in [6, 6.07) is 0.566. The molecule has 1 aliphatic heterocycles. The van der Waals surface area contributed by atoms with Crippen LogP contribution in [0.25, 0.3) is 0 Å². The van der Waals surface area contributed by atoms with E-state index in [1.807, 2.05) is 0 Å². The van der Waals surface area contributed by atoms with Crippen molar-refractivity contribution in [2.75, 3.05) is 26.2 Å². The quantitative estimate of drug-likeness (QED) is 0.288. The van der Waals surface area contributed by atoms with Gasteiger partial charge in [0.2, 0.25) is 5.96 Å². The van der Waals surface area contributed by atoms with Crippen molar-refractivity contribution >= 4 is 5.96 Å². The molecule has 1 aliphatic carbocycles. The molecule has 1 heterocycles. The number of hydrazine groups is 1. The Labute approximate surface area is 104 Å². The van der Waals surface area contributed by atoms with Crippen LogP contribution in [0.4, 0.5) is 0 Å². The van der Waals surface area contributed by atoms with Gasteiger partial charge < -0.3 is 10.2 Å². The molecular weight excluding hydrogens is 214 g/mol. The van der Waals surface area contributed by atoms with Gasteiger partial charge in [0, 0.05) is 12.6 Å². The maximum atomic E-state index is 5.49. The third-order valence-corrected chi connectivity index (χ3v) is 3.72. The average molecular weight is 239 g/mol. The summed E-state index contributed by atoms with van der Waals surface area (Å²) in [4.78, 5) is 6.96. The molecule has 2 aliphatic rings. The molecule has 0 amide bonds. The number of rotatable bonds is 4. The zero-order chi connectivity index (χ0) is 11.9. The number of nitrogens with two attached hydrogens (primary N) is 1. The first-order valence-electron chi connectivity index (χ1n) is 6.88. The number of hydrogen-bond donors (Lipinski definition) is 3. The van der Waals surface area contributed by atoms with Gasteiger partial charge in [0.05, 0.1) is 6.54 Å². The molecule has 1 saturated heterocycles. The van der Waals surface area contributed by atoms with Gasteiger partial charge in [-0.25, -0.2) is 5.84 Å². The number of likely N-dealkylation sites (tertiary alicyclic amines) is 1. The van der Waals surface area contributed by atoms with Crippen molar-refractivity contribution < 1.29 is 0 Å². The summed E-state index contributed by atoms with van der Waals surface area (Å²) in [5.41, 5.74) is 2.67. The maximum absolute atomic E-state index is 5.49. The van der Waals surface area contributed by atoms with E-state index in [2.05, 4.69) is 20.6 Å². The standard InChI is InChI=1S/C12H25N5/c13-16-12(15-11-5-1-2-6-11)14-7-10-17-8-3-4-9-17/h11H,1-10,13H2,(H2,14,15,16). The molecule has 0 unspecified atom stereocenters. The first-order chi connectivity index (χ1) is 8.38. The Bertz CT molecular complexity index is 241. The third kappa shape index (κ3) is 4.16. The highest BCUT2D eigenvalue weighted by molar-refractivity contribution is 5.79. The Morgan fingerprint density at radius 1 is 1.18 bits per heavy atom. The van der Waals surface area contributed by atoms with E-state index in [4.69, 9.17) is 5.84 Å². The highest BCUT2D eigenvalue weighted by atomic mass is 15.3. The van der Waals surface area contributed by atoms with Gasteiger partial charge in [0.1, 0.15) is 0 Å². The molecule has 2 fully saturated rings. The van der Waals surface area contributed by atoms with Crippen molar-refractivity contribution in [3.63, 3.8) is 0 Å². The molecular formula is C12H25N5. The summed E-state index contributed by atoms with van der Waals surface area (Å²) in [5.74, 6) is 6.25. The van der Waals surface area contributed by atoms with E-state index < -0.39 is 0 Å². The van der Waals surface area contributed by atoms with E-state index in [0.717, 1.165) is 19.0 Å². The fraction of sp³-hybridized carbons (Fsp3) is 0.917. The fourth-order valence-corrected chi connectivity index (χ4v) is 2.71. The Balaban J connectivity index is 1.68. The molecule has 0 aromatic heterocycles. The first kappa shape index (κ1) is 12.6. The summed E-state index contributed by atoms with van der Waals surface area (Å²) in [5, 5.41) is 3.39. The summed E-state index contributed by atoms with van der Waals surface area (Å²) >= 11 is 0. The minimum absolute atomic E-state index is 0.566. The topological polar surface area (TPSA) is 65.7 Å². The van der Waals surface area contributed by atoms with Crippen molar-refractivity contribution in [1.82, 2.24) is 15.6 Å². The van der Waals surface area contributed by atoms with Crippen molar-refractivity contribution in [1.29, 1.82) is 0 Å². The Hall–Kier alpha value is -0.810. The lowest BCUT2D eigenvalue weighted by Crippen LogP contribution is -2.46. The van der Waals surface area contributed by atoms with Gasteiger partial charge in [-0.3, -0.25) is 10.4 Å². The zero-order valence-electron chi connectivity index (χ0n) is 10.6. The van der Waals surface area contributed by atoms with Crippen LogP contribution in [-0.4, -0.2) is 43.1 Å². The highest BCUT2D eigenvalue weighted by Gasteiger charge is 2.15. The fourth-order valence-electron chi connectivity index (χ4n) is 2.71. The van der Waals surface area contributed by atoms with E-state index in [-0.39, 0.29) is 0 Å². The van der Waals surface area contributed by atoms with E-state index >= 15 is 0 Å². The van der Waals surface area contributed by atoms with Crippen molar-refractivity contribution in [2.45, 2.75) is 44.6 Å². The summed E-state index contributed by atoms with van der Waals surface area (Å²) < 4.78 is 0. The number of nitrogens with zero attached hydrogens (tertiary/aromatic N) is 2. The third-order valence-electron chi connectivity index (χ3n) is 3.72. The number of hydrogen-bond acceptors (Lipinski definition) is 3. The Kier molecular flexibility index (Phi) is 5.07. The monoisotopic (exact) mass is 239 g/mol. The normalized spacial score (nSPS) is 23.2. The van der Waals surface area contributed by atoms with E-state index in [1.54, 1.807) is 0 Å². The van der Waals surface area contributed by atoms with Crippen LogP contribution in [0.15, 0.2) is 4.99 Å². The highest BCUT2D eigenvalue weighted by Crippen LogP contribution is 2.17. The van der Waals surface area contributed by atoms with Gasteiger partial charge in [0.25, 0.3) is 0 Å². The Morgan fingerprint density at radius 2 is 1.88 bits per heavy atom. The largest absolute Gasteiger partial charge is 0.353 e. The molecule has 5 heteroatoms. The molecule has 0 atom stereocenters. The second kappa shape index (κ2) is 6.81. The molecule has 98 valence electrons. The van der Waals surface area contributed by atoms with Crippen LogP contribution < -0.4 is 16.6 Å². The van der Waals surface area contributed by atoms with E-state index in [9.17, 15) is 0 Å². The van der Waals surface area contributed by atoms with Crippen LogP contribution in [0.1, 0.15) is 38.5 Å².